The average Bonchev–Trinajstić information content (AvgIpc) is 2.84. The van der Waals surface area contributed by atoms with E-state index in [-0.39, 0.29) is 0 Å². The lowest BCUT2D eigenvalue weighted by Crippen LogP contribution is -2.14. The van der Waals surface area contributed by atoms with E-state index < -0.39 is 0 Å². The molecule has 0 spiro atoms. The Labute approximate surface area is 122 Å². The molecule has 0 aliphatic heterocycles. The summed E-state index contributed by atoms with van der Waals surface area (Å²) in [6.45, 7) is 2.14. The first-order valence-corrected chi connectivity index (χ1v) is 7.35. The first-order chi connectivity index (χ1) is 9.51. The predicted molar refractivity (Wildman–Crippen MR) is 86.9 cm³/mol. The summed E-state index contributed by atoms with van der Waals surface area (Å²) in [7, 11) is 8.56. The van der Waals surface area contributed by atoms with E-state index in [0.717, 1.165) is 25.9 Å². The van der Waals surface area contributed by atoms with Gasteiger partial charge >= 0.3 is 0 Å². The molecule has 106 valence electrons. The van der Waals surface area contributed by atoms with Crippen molar-refractivity contribution in [2.45, 2.75) is 12.8 Å². The van der Waals surface area contributed by atoms with Crippen LogP contribution in [0, 0.1) is 0 Å². The highest BCUT2D eigenvalue weighted by Crippen LogP contribution is 2.33. The van der Waals surface area contributed by atoms with Gasteiger partial charge in [-0.2, -0.15) is 0 Å². The van der Waals surface area contributed by atoms with Crippen LogP contribution in [0.5, 0.6) is 0 Å². The monoisotopic (exact) mass is 268 g/mol. The first kappa shape index (κ1) is 13.6. The maximum absolute atomic E-state index is 2.41. The molecule has 0 bridgehead atoms. The summed E-state index contributed by atoms with van der Waals surface area (Å²) >= 11 is 0. The van der Waals surface area contributed by atoms with Gasteiger partial charge in [0.05, 0.1) is 0 Å². The first-order valence-electron chi connectivity index (χ1n) is 7.35. The van der Waals surface area contributed by atoms with Gasteiger partial charge in [-0.15, -0.1) is 0 Å². The number of likely N-dealkylation sites (N-methyl/N-ethyl adjacent to an activating group) is 2. The predicted octanol–water partition coefficient (Wildman–Crippen LogP) is 2.69. The average molecular weight is 268 g/mol. The molecule has 0 fully saturated rings. The molecule has 0 saturated carbocycles. The zero-order valence-electron chi connectivity index (χ0n) is 13.0. The Kier molecular flexibility index (Phi) is 3.53. The van der Waals surface area contributed by atoms with Gasteiger partial charge in [-0.25, -0.2) is 0 Å². The van der Waals surface area contributed by atoms with E-state index in [1.807, 2.05) is 0 Å². The fraction of sp³-hybridized carbons (Fsp3) is 0.444. The molecule has 20 heavy (non-hydrogen) atoms. The van der Waals surface area contributed by atoms with Crippen molar-refractivity contribution in [3.8, 4) is 0 Å². The van der Waals surface area contributed by atoms with E-state index in [0.29, 0.717) is 0 Å². The van der Waals surface area contributed by atoms with Crippen LogP contribution in [0.3, 0.4) is 0 Å². The highest BCUT2D eigenvalue weighted by molar-refractivity contribution is 5.72. The van der Waals surface area contributed by atoms with Crippen molar-refractivity contribution in [3.05, 3.63) is 45.5 Å². The van der Waals surface area contributed by atoms with E-state index >= 15 is 0 Å². The second-order valence-corrected chi connectivity index (χ2v) is 6.68. The van der Waals surface area contributed by atoms with Crippen LogP contribution in [0.1, 0.15) is 22.3 Å². The van der Waals surface area contributed by atoms with E-state index in [4.69, 9.17) is 0 Å². The van der Waals surface area contributed by atoms with Gasteiger partial charge in [0.15, 0.2) is 0 Å². The van der Waals surface area contributed by atoms with Gasteiger partial charge in [-0.1, -0.05) is 35.4 Å². The van der Waals surface area contributed by atoms with Gasteiger partial charge in [0.25, 0.3) is 0 Å². The van der Waals surface area contributed by atoms with Crippen LogP contribution in [0.2, 0.25) is 0 Å². The van der Waals surface area contributed by atoms with Crippen LogP contribution in [-0.2, 0) is 12.8 Å². The van der Waals surface area contributed by atoms with Crippen LogP contribution in [0.25, 0.3) is 12.2 Å². The Hall–Kier alpha value is -1.38. The molecule has 3 rings (SSSR count). The van der Waals surface area contributed by atoms with Gasteiger partial charge < -0.3 is 9.80 Å². The SMILES string of the molecule is CN(C)CC1=Cc2cc3c(cc2C1)C=C(CN(C)C)C3. The minimum absolute atomic E-state index is 1.07. The lowest BCUT2D eigenvalue weighted by Gasteiger charge is -2.09. The molecular weight excluding hydrogens is 244 g/mol. The molecule has 2 heteroatoms. The molecule has 0 amide bonds. The summed E-state index contributed by atoms with van der Waals surface area (Å²) in [5.41, 5.74) is 8.96. The molecule has 0 aromatic heterocycles. The van der Waals surface area contributed by atoms with Gasteiger partial charge in [0.2, 0.25) is 0 Å². The highest BCUT2D eigenvalue weighted by Gasteiger charge is 2.19. The number of hydrogen-bond acceptors (Lipinski definition) is 2. The number of benzene rings is 1. The Bertz CT molecular complexity index is 538. The second-order valence-electron chi connectivity index (χ2n) is 6.68. The van der Waals surface area contributed by atoms with Crippen LogP contribution >= 0.6 is 0 Å². The molecule has 0 heterocycles. The topological polar surface area (TPSA) is 6.48 Å². The van der Waals surface area contributed by atoms with Crippen LogP contribution < -0.4 is 0 Å². The van der Waals surface area contributed by atoms with Crippen molar-refractivity contribution >= 4 is 12.2 Å². The van der Waals surface area contributed by atoms with Crippen LogP contribution in [0.15, 0.2) is 23.3 Å². The summed E-state index contributed by atoms with van der Waals surface area (Å²) < 4.78 is 0. The van der Waals surface area contributed by atoms with Crippen molar-refractivity contribution in [2.75, 3.05) is 41.3 Å². The van der Waals surface area contributed by atoms with E-state index in [1.165, 1.54) is 33.4 Å². The Morgan fingerprint density at radius 1 is 0.750 bits per heavy atom. The molecule has 0 saturated heterocycles. The molecule has 0 atom stereocenters. The molecule has 0 N–H and O–H groups in total. The van der Waals surface area contributed by atoms with Crippen molar-refractivity contribution < 1.29 is 0 Å². The maximum atomic E-state index is 2.41. The molecule has 0 unspecified atom stereocenters. The number of nitrogens with zero attached hydrogens (tertiary/aromatic N) is 2. The molecule has 0 radical (unpaired) electrons. The van der Waals surface area contributed by atoms with E-state index in [1.54, 1.807) is 0 Å². The number of fused-ring (bicyclic) bond motifs is 2. The lowest BCUT2D eigenvalue weighted by molar-refractivity contribution is 0.444. The van der Waals surface area contributed by atoms with Gasteiger partial charge in [0, 0.05) is 13.1 Å². The summed E-state index contributed by atoms with van der Waals surface area (Å²) in [4.78, 5) is 4.50. The lowest BCUT2D eigenvalue weighted by atomic mass is 10.0. The third-order valence-corrected chi connectivity index (χ3v) is 3.99. The quantitative estimate of drug-likeness (QED) is 0.828. The Morgan fingerprint density at radius 2 is 1.15 bits per heavy atom. The fourth-order valence-corrected chi connectivity index (χ4v) is 3.35. The largest absolute Gasteiger partial charge is 0.305 e. The van der Waals surface area contributed by atoms with Crippen LogP contribution in [-0.4, -0.2) is 51.1 Å². The fourth-order valence-electron chi connectivity index (χ4n) is 3.35. The van der Waals surface area contributed by atoms with Crippen molar-refractivity contribution in [2.24, 2.45) is 0 Å². The number of rotatable bonds is 4. The van der Waals surface area contributed by atoms with E-state index in [9.17, 15) is 0 Å². The Morgan fingerprint density at radius 3 is 1.50 bits per heavy atom. The molecule has 1 aromatic rings. The van der Waals surface area contributed by atoms with Crippen molar-refractivity contribution in [1.29, 1.82) is 0 Å². The highest BCUT2D eigenvalue weighted by atomic mass is 15.1. The smallest absolute Gasteiger partial charge is 0.0193 e. The molecular formula is C18H24N2. The van der Waals surface area contributed by atoms with Gasteiger partial charge in [-0.3, -0.25) is 0 Å². The van der Waals surface area contributed by atoms with Gasteiger partial charge in [-0.05, 0) is 63.3 Å². The molecule has 2 nitrogen and oxygen atoms in total. The zero-order valence-corrected chi connectivity index (χ0v) is 13.0. The van der Waals surface area contributed by atoms with Crippen LogP contribution in [0.4, 0.5) is 0 Å². The van der Waals surface area contributed by atoms with Gasteiger partial charge in [0.1, 0.15) is 0 Å². The normalized spacial score (nSPS) is 16.5. The van der Waals surface area contributed by atoms with E-state index in [2.05, 4.69) is 62.3 Å². The number of hydrogen-bond donors (Lipinski definition) is 0. The molecule has 1 aromatic carbocycles. The summed E-state index contributed by atoms with van der Waals surface area (Å²) in [5.74, 6) is 0. The minimum atomic E-state index is 1.07. The standard InChI is InChI=1S/C18H24N2/c1-19(2)11-13-5-15-9-17-7-14(12-20(3)4)8-18(17)10-16(15)6-13/h5,8-10H,6-7,11-12H2,1-4H3. The summed E-state index contributed by atoms with van der Waals surface area (Å²) in [5, 5.41) is 0. The maximum Gasteiger partial charge on any atom is 0.0193 e. The second kappa shape index (κ2) is 5.19. The molecule has 2 aliphatic carbocycles. The van der Waals surface area contributed by atoms with Crippen molar-refractivity contribution in [3.63, 3.8) is 0 Å². The minimum Gasteiger partial charge on any atom is -0.305 e. The zero-order chi connectivity index (χ0) is 14.3. The third kappa shape index (κ3) is 2.72. The Balaban J connectivity index is 1.80. The summed E-state index contributed by atoms with van der Waals surface area (Å²) in [6, 6.07) is 4.82. The third-order valence-electron chi connectivity index (χ3n) is 3.99. The summed E-state index contributed by atoms with van der Waals surface area (Å²) in [6.07, 6.45) is 7.02. The molecule has 2 aliphatic rings. The van der Waals surface area contributed by atoms with Crippen molar-refractivity contribution in [1.82, 2.24) is 9.80 Å².